The van der Waals surface area contributed by atoms with Crippen LogP contribution < -0.4 is 5.32 Å². The van der Waals surface area contributed by atoms with Crippen LogP contribution in [0.2, 0.25) is 0 Å². The monoisotopic (exact) mass is 346 g/mol. The van der Waals surface area contributed by atoms with Gasteiger partial charge < -0.3 is 14.6 Å². The number of hydrogen-bond acceptors (Lipinski definition) is 3. The molecule has 130 valence electrons. The molecule has 1 fully saturated rings. The van der Waals surface area contributed by atoms with Crippen molar-refractivity contribution >= 4 is 23.4 Å². The van der Waals surface area contributed by atoms with Gasteiger partial charge in [-0.3, -0.25) is 0 Å². The number of pyridine rings is 1. The quantitative estimate of drug-likeness (QED) is 0.874. The van der Waals surface area contributed by atoms with Gasteiger partial charge in [0.2, 0.25) is 0 Å². The first-order valence-electron chi connectivity index (χ1n) is 8.72. The molecule has 0 saturated heterocycles. The van der Waals surface area contributed by atoms with Crippen molar-refractivity contribution in [3.05, 3.63) is 36.3 Å². The number of fused-ring (bicyclic) bond motifs is 1. The van der Waals surface area contributed by atoms with Crippen LogP contribution in [0.4, 0.5) is 4.79 Å². The molecule has 0 aliphatic heterocycles. The molecule has 2 aromatic rings. The molecular formula is C18H26N4OS. The molecular weight excluding hydrogens is 320 g/mol. The molecule has 1 N–H and O–H groups in total. The largest absolute Gasteiger partial charge is 0.338 e. The van der Waals surface area contributed by atoms with Crippen LogP contribution in [0.3, 0.4) is 0 Å². The number of carbonyl (C=O) groups excluding carboxylic acids is 1. The number of carbonyl (C=O) groups is 1. The van der Waals surface area contributed by atoms with Gasteiger partial charge in [-0.2, -0.15) is 11.8 Å². The van der Waals surface area contributed by atoms with E-state index in [2.05, 4.69) is 17.2 Å². The Morgan fingerprint density at radius 2 is 2.33 bits per heavy atom. The molecule has 0 radical (unpaired) electrons. The Morgan fingerprint density at radius 3 is 3.12 bits per heavy atom. The van der Waals surface area contributed by atoms with Crippen LogP contribution >= 0.6 is 11.8 Å². The zero-order valence-electron chi connectivity index (χ0n) is 14.4. The number of hydrogen-bond donors (Lipinski definition) is 1. The van der Waals surface area contributed by atoms with Crippen LogP contribution in [-0.4, -0.2) is 51.0 Å². The SMILES string of the molecule is CCS[C@H]1CC[C@@H](N(C)C(=O)NCCc2cn3ccccc3n2)C1. The Labute approximate surface area is 147 Å². The van der Waals surface area contributed by atoms with Crippen molar-refractivity contribution in [3.8, 4) is 0 Å². The fraction of sp³-hybridized carbons (Fsp3) is 0.556. The van der Waals surface area contributed by atoms with Crippen molar-refractivity contribution in [1.82, 2.24) is 19.6 Å². The van der Waals surface area contributed by atoms with E-state index in [4.69, 9.17) is 0 Å². The summed E-state index contributed by atoms with van der Waals surface area (Å²) >= 11 is 2.02. The Hall–Kier alpha value is -1.69. The van der Waals surface area contributed by atoms with E-state index in [0.717, 1.165) is 36.4 Å². The van der Waals surface area contributed by atoms with Gasteiger partial charge in [0.25, 0.3) is 0 Å². The van der Waals surface area contributed by atoms with E-state index < -0.39 is 0 Å². The number of imidazole rings is 1. The van der Waals surface area contributed by atoms with Gasteiger partial charge in [-0.1, -0.05) is 13.0 Å². The second-order valence-corrected chi connectivity index (χ2v) is 7.91. The van der Waals surface area contributed by atoms with Gasteiger partial charge in [-0.15, -0.1) is 0 Å². The minimum Gasteiger partial charge on any atom is -0.338 e. The molecule has 1 saturated carbocycles. The number of rotatable bonds is 6. The first kappa shape index (κ1) is 17.1. The molecule has 0 aromatic carbocycles. The van der Waals surface area contributed by atoms with Crippen molar-refractivity contribution in [3.63, 3.8) is 0 Å². The highest BCUT2D eigenvalue weighted by molar-refractivity contribution is 7.99. The lowest BCUT2D eigenvalue weighted by atomic mass is 10.2. The summed E-state index contributed by atoms with van der Waals surface area (Å²) in [6, 6.07) is 6.37. The Balaban J connectivity index is 1.45. The van der Waals surface area contributed by atoms with Gasteiger partial charge >= 0.3 is 6.03 Å². The van der Waals surface area contributed by atoms with E-state index in [9.17, 15) is 4.79 Å². The maximum atomic E-state index is 12.3. The minimum absolute atomic E-state index is 0.0333. The Bertz CT molecular complexity index is 653. The summed E-state index contributed by atoms with van der Waals surface area (Å²) in [5, 5.41) is 3.75. The summed E-state index contributed by atoms with van der Waals surface area (Å²) in [6.07, 6.45) is 8.23. The van der Waals surface area contributed by atoms with Gasteiger partial charge in [0, 0.05) is 43.7 Å². The molecule has 0 spiro atoms. The molecule has 2 heterocycles. The number of thioether (sulfide) groups is 1. The molecule has 0 bridgehead atoms. The van der Waals surface area contributed by atoms with Crippen molar-refractivity contribution in [2.45, 2.75) is 43.9 Å². The third-order valence-electron chi connectivity index (χ3n) is 4.70. The zero-order valence-corrected chi connectivity index (χ0v) is 15.3. The maximum Gasteiger partial charge on any atom is 0.317 e. The van der Waals surface area contributed by atoms with Crippen LogP contribution in [0, 0.1) is 0 Å². The van der Waals surface area contributed by atoms with E-state index in [0.29, 0.717) is 17.8 Å². The van der Waals surface area contributed by atoms with Crippen molar-refractivity contribution in [2.24, 2.45) is 0 Å². The molecule has 6 heteroatoms. The standard InChI is InChI=1S/C18H26N4OS/c1-3-24-16-8-7-15(12-16)21(2)18(23)19-10-9-14-13-22-11-5-4-6-17(22)20-14/h4-6,11,13,15-16H,3,7-10,12H2,1-2H3,(H,19,23)/t15-,16+/m1/s1. The number of aromatic nitrogens is 2. The summed E-state index contributed by atoms with van der Waals surface area (Å²) in [6.45, 7) is 2.82. The van der Waals surface area contributed by atoms with Gasteiger partial charge in [-0.25, -0.2) is 9.78 Å². The van der Waals surface area contributed by atoms with E-state index >= 15 is 0 Å². The lowest BCUT2D eigenvalue weighted by Crippen LogP contribution is -2.43. The topological polar surface area (TPSA) is 49.6 Å². The normalized spacial score (nSPS) is 20.4. The van der Waals surface area contributed by atoms with Gasteiger partial charge in [0.15, 0.2) is 0 Å². The average Bonchev–Trinajstić information content (AvgIpc) is 3.20. The van der Waals surface area contributed by atoms with Crippen molar-refractivity contribution in [1.29, 1.82) is 0 Å². The second-order valence-electron chi connectivity index (χ2n) is 6.34. The predicted molar refractivity (Wildman–Crippen MR) is 99.6 cm³/mol. The molecule has 2 aromatic heterocycles. The second kappa shape index (κ2) is 7.92. The summed E-state index contributed by atoms with van der Waals surface area (Å²) in [7, 11) is 1.92. The molecule has 2 atom stereocenters. The first-order chi connectivity index (χ1) is 11.7. The fourth-order valence-corrected chi connectivity index (χ4v) is 4.48. The predicted octanol–water partition coefficient (Wildman–Crippen LogP) is 3.19. The van der Waals surface area contributed by atoms with Crippen molar-refractivity contribution in [2.75, 3.05) is 19.3 Å². The molecule has 5 nitrogen and oxygen atoms in total. The van der Waals surface area contributed by atoms with Gasteiger partial charge in [-0.05, 0) is 37.1 Å². The Morgan fingerprint density at radius 1 is 1.46 bits per heavy atom. The summed E-state index contributed by atoms with van der Waals surface area (Å²) in [5.74, 6) is 1.16. The molecule has 0 unspecified atom stereocenters. The highest BCUT2D eigenvalue weighted by Crippen LogP contribution is 2.32. The average molecular weight is 347 g/mol. The van der Waals surface area contributed by atoms with Crippen LogP contribution in [0.5, 0.6) is 0 Å². The molecule has 1 aliphatic rings. The van der Waals surface area contributed by atoms with Crippen LogP contribution in [0.25, 0.3) is 5.65 Å². The molecule has 24 heavy (non-hydrogen) atoms. The van der Waals surface area contributed by atoms with Crippen LogP contribution in [0.1, 0.15) is 31.9 Å². The molecule has 3 rings (SSSR count). The minimum atomic E-state index is 0.0333. The molecule has 2 amide bonds. The first-order valence-corrected chi connectivity index (χ1v) is 9.77. The van der Waals surface area contributed by atoms with E-state index in [1.54, 1.807) is 0 Å². The van der Waals surface area contributed by atoms with Crippen LogP contribution in [-0.2, 0) is 6.42 Å². The van der Waals surface area contributed by atoms with E-state index in [1.165, 1.54) is 6.42 Å². The lowest BCUT2D eigenvalue weighted by molar-refractivity contribution is 0.191. The zero-order chi connectivity index (χ0) is 16.9. The Kier molecular flexibility index (Phi) is 5.66. The summed E-state index contributed by atoms with van der Waals surface area (Å²) in [5.41, 5.74) is 1.95. The smallest absolute Gasteiger partial charge is 0.317 e. The number of urea groups is 1. The van der Waals surface area contributed by atoms with E-state index in [-0.39, 0.29) is 6.03 Å². The third kappa shape index (κ3) is 4.04. The summed E-state index contributed by atoms with van der Waals surface area (Å²) in [4.78, 5) is 18.8. The highest BCUT2D eigenvalue weighted by atomic mass is 32.2. The number of nitrogens with zero attached hydrogens (tertiary/aromatic N) is 3. The van der Waals surface area contributed by atoms with Gasteiger partial charge in [0.05, 0.1) is 5.69 Å². The number of nitrogens with one attached hydrogen (secondary N) is 1. The lowest BCUT2D eigenvalue weighted by Gasteiger charge is -2.25. The van der Waals surface area contributed by atoms with E-state index in [1.807, 2.05) is 58.7 Å². The van der Waals surface area contributed by atoms with Gasteiger partial charge in [0.1, 0.15) is 5.65 Å². The highest BCUT2D eigenvalue weighted by Gasteiger charge is 2.29. The summed E-state index contributed by atoms with van der Waals surface area (Å²) < 4.78 is 2.01. The fourth-order valence-electron chi connectivity index (χ4n) is 3.35. The van der Waals surface area contributed by atoms with Crippen molar-refractivity contribution < 1.29 is 4.79 Å². The third-order valence-corrected chi connectivity index (χ3v) is 5.93. The maximum absolute atomic E-state index is 12.3. The molecule has 1 aliphatic carbocycles. The van der Waals surface area contributed by atoms with Crippen LogP contribution in [0.15, 0.2) is 30.6 Å². The number of amides is 2.